The Balaban J connectivity index is 1.84. The molecule has 0 radical (unpaired) electrons. The number of carbonyl (C=O) groups is 2. The number of fused-ring (bicyclic) bond motifs is 1. The predicted molar refractivity (Wildman–Crippen MR) is 91.8 cm³/mol. The molecule has 0 amide bonds. The Morgan fingerprint density at radius 3 is 2.76 bits per heavy atom. The number of hydrogen-bond donors (Lipinski definition) is 0. The molecule has 0 bridgehead atoms. The van der Waals surface area contributed by atoms with Crippen molar-refractivity contribution in [3.63, 3.8) is 0 Å². The summed E-state index contributed by atoms with van der Waals surface area (Å²) in [5.41, 5.74) is 1.81. The highest BCUT2D eigenvalue weighted by atomic mass is 16.5. The molecular weight excluding hydrogens is 322 g/mol. The molecule has 0 saturated carbocycles. The minimum absolute atomic E-state index is 0.283. The van der Waals surface area contributed by atoms with Crippen molar-refractivity contribution < 1.29 is 23.8 Å². The minimum atomic E-state index is -0.516. The highest BCUT2D eigenvalue weighted by Gasteiger charge is 2.21. The van der Waals surface area contributed by atoms with Crippen LogP contribution in [0.5, 0.6) is 11.5 Å². The molecule has 1 aliphatic rings. The fraction of sp³-hybridized carbons (Fsp3) is 0.211. The molecule has 128 valence electrons. The van der Waals surface area contributed by atoms with E-state index in [1.54, 1.807) is 18.3 Å². The molecular formula is C19H17NO5. The molecule has 0 fully saturated rings. The number of Topliss-reactive ketones (excluding diaryl/α,β-unsaturated/α-hetero) is 1. The first-order chi connectivity index (χ1) is 12.1. The van der Waals surface area contributed by atoms with E-state index in [1.165, 1.54) is 6.92 Å². The van der Waals surface area contributed by atoms with Crippen LogP contribution in [-0.2, 0) is 16.1 Å². The van der Waals surface area contributed by atoms with Crippen molar-refractivity contribution in [3.8, 4) is 11.5 Å². The molecule has 3 rings (SSSR count). The quantitative estimate of drug-likeness (QED) is 0.597. The summed E-state index contributed by atoms with van der Waals surface area (Å²) in [6, 6.07) is 13.0. The first-order valence-electron chi connectivity index (χ1n) is 7.80. The lowest BCUT2D eigenvalue weighted by Crippen LogP contribution is -2.15. The van der Waals surface area contributed by atoms with Crippen LogP contribution in [-0.4, -0.2) is 31.2 Å². The Morgan fingerprint density at radius 1 is 1.20 bits per heavy atom. The number of benzene rings is 2. The maximum atomic E-state index is 12.4. The van der Waals surface area contributed by atoms with E-state index < -0.39 is 5.97 Å². The molecule has 6 heteroatoms. The second-order valence-electron chi connectivity index (χ2n) is 5.42. The summed E-state index contributed by atoms with van der Waals surface area (Å²) in [5, 5.41) is 0. The van der Waals surface area contributed by atoms with Crippen LogP contribution in [0.25, 0.3) is 0 Å². The van der Waals surface area contributed by atoms with Gasteiger partial charge in [-0.3, -0.25) is 14.6 Å². The van der Waals surface area contributed by atoms with Gasteiger partial charge in [0.05, 0.1) is 5.56 Å². The number of hydrogen-bond acceptors (Lipinski definition) is 6. The highest BCUT2D eigenvalue weighted by molar-refractivity contribution is 6.02. The van der Waals surface area contributed by atoms with Crippen molar-refractivity contribution in [2.45, 2.75) is 13.5 Å². The average molecular weight is 339 g/mol. The molecule has 2 aromatic carbocycles. The van der Waals surface area contributed by atoms with Crippen LogP contribution in [0, 0.1) is 0 Å². The van der Waals surface area contributed by atoms with Gasteiger partial charge in [0.1, 0.15) is 24.7 Å². The zero-order chi connectivity index (χ0) is 17.6. The standard InChI is InChI=1S/C19H17NO5/c1-13(21)24-12-18(22)16-9-15(10-17-19(16)23-8-7-20-17)25-11-14-5-3-2-4-6-14/h2-7,9-10H,8,11-12H2,1H3. The van der Waals surface area contributed by atoms with E-state index in [0.29, 0.717) is 29.4 Å². The SMILES string of the molecule is CC(=O)OCC(=O)c1cc(OCc2ccccc2)cc2c1OCC=N2. The predicted octanol–water partition coefficient (Wildman–Crippen LogP) is 3.11. The maximum Gasteiger partial charge on any atom is 0.303 e. The van der Waals surface area contributed by atoms with E-state index in [-0.39, 0.29) is 19.0 Å². The van der Waals surface area contributed by atoms with E-state index in [2.05, 4.69) is 4.99 Å². The van der Waals surface area contributed by atoms with Crippen LogP contribution in [0.1, 0.15) is 22.8 Å². The Morgan fingerprint density at radius 2 is 2.00 bits per heavy atom. The van der Waals surface area contributed by atoms with Crippen molar-refractivity contribution in [2.24, 2.45) is 4.99 Å². The fourth-order valence-corrected chi connectivity index (χ4v) is 2.37. The third-order valence-electron chi connectivity index (χ3n) is 3.53. The van der Waals surface area contributed by atoms with Gasteiger partial charge in [0, 0.05) is 19.2 Å². The first kappa shape index (κ1) is 16.7. The summed E-state index contributed by atoms with van der Waals surface area (Å²) >= 11 is 0. The lowest BCUT2D eigenvalue weighted by Gasteiger charge is -2.17. The van der Waals surface area contributed by atoms with Crippen molar-refractivity contribution in [1.82, 2.24) is 0 Å². The van der Waals surface area contributed by atoms with Gasteiger partial charge in [-0.1, -0.05) is 30.3 Å². The molecule has 25 heavy (non-hydrogen) atoms. The number of ether oxygens (including phenoxy) is 3. The minimum Gasteiger partial charge on any atom is -0.489 e. The average Bonchev–Trinajstić information content (AvgIpc) is 2.64. The summed E-state index contributed by atoms with van der Waals surface area (Å²) in [5.74, 6) is -0.00510. The molecule has 0 N–H and O–H groups in total. The molecule has 2 aromatic rings. The van der Waals surface area contributed by atoms with Crippen molar-refractivity contribution in [2.75, 3.05) is 13.2 Å². The van der Waals surface area contributed by atoms with Gasteiger partial charge in [-0.05, 0) is 11.6 Å². The smallest absolute Gasteiger partial charge is 0.303 e. The molecule has 0 aromatic heterocycles. The fourth-order valence-electron chi connectivity index (χ4n) is 2.37. The van der Waals surface area contributed by atoms with Crippen molar-refractivity contribution >= 4 is 23.7 Å². The zero-order valence-electron chi connectivity index (χ0n) is 13.7. The molecule has 1 heterocycles. The second kappa shape index (κ2) is 7.61. The molecule has 1 aliphatic heterocycles. The van der Waals surface area contributed by atoms with E-state index in [4.69, 9.17) is 14.2 Å². The summed E-state index contributed by atoms with van der Waals surface area (Å²) in [6.45, 7) is 1.55. The lowest BCUT2D eigenvalue weighted by molar-refractivity contribution is -0.139. The lowest BCUT2D eigenvalue weighted by atomic mass is 10.1. The van der Waals surface area contributed by atoms with Gasteiger partial charge >= 0.3 is 5.97 Å². The second-order valence-corrected chi connectivity index (χ2v) is 5.42. The van der Waals surface area contributed by atoms with E-state index >= 15 is 0 Å². The van der Waals surface area contributed by atoms with E-state index in [9.17, 15) is 9.59 Å². The molecule has 0 atom stereocenters. The zero-order valence-corrected chi connectivity index (χ0v) is 13.7. The first-order valence-corrected chi connectivity index (χ1v) is 7.80. The molecule has 0 unspecified atom stereocenters. The normalized spacial score (nSPS) is 12.0. The maximum absolute atomic E-state index is 12.4. The van der Waals surface area contributed by atoms with Crippen LogP contribution >= 0.6 is 0 Å². The molecule has 0 saturated heterocycles. The monoisotopic (exact) mass is 339 g/mol. The number of nitrogens with zero attached hydrogens (tertiary/aromatic N) is 1. The third kappa shape index (κ3) is 4.23. The van der Waals surface area contributed by atoms with Gasteiger partial charge in [-0.25, -0.2) is 0 Å². The van der Waals surface area contributed by atoms with Crippen LogP contribution in [0.2, 0.25) is 0 Å². The van der Waals surface area contributed by atoms with Crippen LogP contribution < -0.4 is 9.47 Å². The number of carbonyl (C=O) groups excluding carboxylic acids is 2. The number of aliphatic imine (C=N–C) groups is 1. The van der Waals surface area contributed by atoms with Gasteiger partial charge in [0.2, 0.25) is 5.78 Å². The Hall–Kier alpha value is -3.15. The van der Waals surface area contributed by atoms with Crippen molar-refractivity contribution in [1.29, 1.82) is 0 Å². The third-order valence-corrected chi connectivity index (χ3v) is 3.53. The van der Waals surface area contributed by atoms with Gasteiger partial charge in [-0.2, -0.15) is 0 Å². The van der Waals surface area contributed by atoms with Crippen molar-refractivity contribution in [3.05, 3.63) is 53.6 Å². The largest absolute Gasteiger partial charge is 0.489 e. The molecule has 0 spiro atoms. The summed E-state index contributed by atoms with van der Waals surface area (Å²) in [4.78, 5) is 27.6. The Labute approximate surface area is 145 Å². The summed E-state index contributed by atoms with van der Waals surface area (Å²) in [6.07, 6.45) is 1.61. The number of ketones is 1. The molecule has 0 aliphatic carbocycles. The van der Waals surface area contributed by atoms with E-state index in [0.717, 1.165) is 5.56 Å². The summed E-state index contributed by atoms with van der Waals surface area (Å²) < 4.78 is 16.1. The molecule has 6 nitrogen and oxygen atoms in total. The number of rotatable bonds is 6. The Kier molecular flexibility index (Phi) is 5.09. The summed E-state index contributed by atoms with van der Waals surface area (Å²) in [7, 11) is 0. The number of esters is 1. The van der Waals surface area contributed by atoms with Gasteiger partial charge < -0.3 is 14.2 Å². The van der Waals surface area contributed by atoms with Gasteiger partial charge in [0.15, 0.2) is 12.4 Å². The van der Waals surface area contributed by atoms with Crippen LogP contribution in [0.3, 0.4) is 0 Å². The van der Waals surface area contributed by atoms with Crippen LogP contribution in [0.4, 0.5) is 5.69 Å². The van der Waals surface area contributed by atoms with Gasteiger partial charge in [-0.15, -0.1) is 0 Å². The van der Waals surface area contributed by atoms with Gasteiger partial charge in [0.25, 0.3) is 0 Å². The van der Waals surface area contributed by atoms with E-state index in [1.807, 2.05) is 30.3 Å². The topological polar surface area (TPSA) is 74.2 Å². The Bertz CT molecular complexity index is 814. The van der Waals surface area contributed by atoms with Crippen LogP contribution in [0.15, 0.2) is 47.5 Å². The highest BCUT2D eigenvalue weighted by Crippen LogP contribution is 2.38.